The fourth-order valence-corrected chi connectivity index (χ4v) is 6.07. The molecule has 0 aromatic heterocycles. The summed E-state index contributed by atoms with van der Waals surface area (Å²) in [5.74, 6) is 0. The van der Waals surface area contributed by atoms with Crippen molar-refractivity contribution in [1.82, 2.24) is 0 Å². The van der Waals surface area contributed by atoms with Gasteiger partial charge in [0.05, 0.1) is 72.2 Å². The summed E-state index contributed by atoms with van der Waals surface area (Å²) in [7, 11) is -1.85. The van der Waals surface area contributed by atoms with Crippen molar-refractivity contribution in [2.75, 3.05) is 72.6 Å². The van der Waals surface area contributed by atoms with Crippen LogP contribution in [0.5, 0.6) is 0 Å². The maximum absolute atomic E-state index is 6.83. The van der Waals surface area contributed by atoms with Gasteiger partial charge in [0.15, 0.2) is 0 Å². The molecule has 0 fully saturated rings. The van der Waals surface area contributed by atoms with Crippen LogP contribution >= 0.6 is 0 Å². The van der Waals surface area contributed by atoms with Crippen molar-refractivity contribution in [2.24, 2.45) is 11.1 Å². The molecule has 8 heteroatoms. The van der Waals surface area contributed by atoms with Gasteiger partial charge in [0, 0.05) is 6.54 Å². The highest BCUT2D eigenvalue weighted by atomic mass is 28.3. The molecule has 0 aliphatic carbocycles. The molecule has 7 nitrogen and oxygen atoms in total. The topological polar surface area (TPSA) is 81.4 Å². The summed E-state index contributed by atoms with van der Waals surface area (Å²) in [5.41, 5.74) is 5.30. The Morgan fingerprint density at radius 2 is 1.00 bits per heavy atom. The van der Waals surface area contributed by atoms with E-state index in [2.05, 4.69) is 69.3 Å². The van der Waals surface area contributed by atoms with Crippen LogP contribution in [0, 0.1) is 5.41 Å². The Morgan fingerprint density at radius 3 is 1.39 bits per heavy atom. The molecule has 0 radical (unpaired) electrons. The number of hydrogen-bond donors (Lipinski definition) is 1. The third-order valence-corrected chi connectivity index (χ3v) is 8.07. The molecular weight excluding hydrogens is 474 g/mol. The van der Waals surface area contributed by atoms with E-state index >= 15 is 0 Å². The van der Waals surface area contributed by atoms with E-state index in [1.807, 2.05) is 12.1 Å². The molecule has 2 rings (SSSR count). The van der Waals surface area contributed by atoms with Crippen LogP contribution in [0.1, 0.15) is 20.8 Å². The zero-order chi connectivity index (χ0) is 25.9. The monoisotopic (exact) mass is 519 g/mol. The minimum atomic E-state index is -1.85. The van der Waals surface area contributed by atoms with Crippen molar-refractivity contribution in [3.05, 3.63) is 60.7 Å². The zero-order valence-electron chi connectivity index (χ0n) is 22.2. The van der Waals surface area contributed by atoms with Crippen molar-refractivity contribution < 1.29 is 28.1 Å². The van der Waals surface area contributed by atoms with E-state index < -0.39 is 9.04 Å². The second kappa shape index (κ2) is 18.6. The van der Waals surface area contributed by atoms with E-state index in [0.29, 0.717) is 72.6 Å². The Labute approximate surface area is 218 Å². The number of benzene rings is 2. The van der Waals surface area contributed by atoms with Gasteiger partial charge in [0.1, 0.15) is 0 Å². The molecule has 202 valence electrons. The first-order valence-corrected chi connectivity index (χ1v) is 14.5. The fourth-order valence-electron chi connectivity index (χ4n) is 3.42. The van der Waals surface area contributed by atoms with Crippen molar-refractivity contribution in [2.45, 2.75) is 26.9 Å². The van der Waals surface area contributed by atoms with Crippen LogP contribution in [0.4, 0.5) is 0 Å². The maximum Gasteiger partial charge on any atom is 0.240 e. The molecule has 0 aliphatic heterocycles. The van der Waals surface area contributed by atoms with E-state index in [-0.39, 0.29) is 11.5 Å². The zero-order valence-corrected chi connectivity index (χ0v) is 23.4. The van der Waals surface area contributed by atoms with Crippen LogP contribution in [0.25, 0.3) is 0 Å². The smallest absolute Gasteiger partial charge is 0.240 e. The van der Waals surface area contributed by atoms with Crippen molar-refractivity contribution in [1.29, 1.82) is 0 Å². The molecule has 2 aromatic rings. The predicted molar refractivity (Wildman–Crippen MR) is 147 cm³/mol. The van der Waals surface area contributed by atoms with E-state index in [0.717, 1.165) is 0 Å². The summed E-state index contributed by atoms with van der Waals surface area (Å²) in [6, 6.07) is 21.1. The van der Waals surface area contributed by atoms with Gasteiger partial charge >= 0.3 is 0 Å². The Hall–Kier alpha value is -1.62. The number of ether oxygens (including phenoxy) is 5. The maximum atomic E-state index is 6.83. The third kappa shape index (κ3) is 13.1. The summed E-state index contributed by atoms with van der Waals surface area (Å²) in [5, 5.41) is 2.54. The molecule has 0 saturated carbocycles. The number of rotatable bonds is 20. The van der Waals surface area contributed by atoms with Crippen LogP contribution in [-0.4, -0.2) is 87.8 Å². The molecule has 1 unspecified atom stereocenters. The lowest BCUT2D eigenvalue weighted by molar-refractivity contribution is -0.0341. The second-order valence-corrected chi connectivity index (χ2v) is 11.9. The lowest BCUT2D eigenvalue weighted by Gasteiger charge is -2.34. The van der Waals surface area contributed by atoms with Gasteiger partial charge < -0.3 is 33.8 Å². The van der Waals surface area contributed by atoms with Crippen LogP contribution < -0.4 is 16.1 Å². The Kier molecular flexibility index (Phi) is 15.8. The minimum absolute atomic E-state index is 0.0291. The molecule has 0 bridgehead atoms. The lowest BCUT2D eigenvalue weighted by Crippen LogP contribution is -2.50. The summed E-state index contributed by atoms with van der Waals surface area (Å²) in [4.78, 5) is 0. The first kappa shape index (κ1) is 30.6. The summed E-state index contributed by atoms with van der Waals surface area (Å²) < 4.78 is 34.6. The van der Waals surface area contributed by atoms with Gasteiger partial charge in [0.25, 0.3) is 0 Å². The molecule has 1 atom stereocenters. The largest absolute Gasteiger partial charge is 0.405 e. The predicted octanol–water partition coefficient (Wildman–Crippen LogP) is 2.00. The minimum Gasteiger partial charge on any atom is -0.405 e. The van der Waals surface area contributed by atoms with Crippen LogP contribution in [0.3, 0.4) is 0 Å². The van der Waals surface area contributed by atoms with Gasteiger partial charge in [-0.05, 0) is 15.8 Å². The highest BCUT2D eigenvalue weighted by Crippen LogP contribution is 2.23. The molecule has 2 aromatic carbocycles. The number of hydrogen-bond acceptors (Lipinski definition) is 7. The molecule has 2 N–H and O–H groups in total. The van der Waals surface area contributed by atoms with Crippen molar-refractivity contribution >= 4 is 19.4 Å². The highest BCUT2D eigenvalue weighted by molar-refractivity contribution is 6.80. The summed E-state index contributed by atoms with van der Waals surface area (Å²) in [6.45, 7) is 12.5. The van der Waals surface area contributed by atoms with Gasteiger partial charge in [-0.15, -0.1) is 0 Å². The molecule has 0 spiro atoms. The lowest BCUT2D eigenvalue weighted by atomic mass is 9.90. The summed E-state index contributed by atoms with van der Waals surface area (Å²) in [6.07, 6.45) is -0.0291. The van der Waals surface area contributed by atoms with Gasteiger partial charge in [-0.3, -0.25) is 0 Å². The molecule has 0 amide bonds. The molecular formula is C28H45NO6Si. The van der Waals surface area contributed by atoms with Crippen molar-refractivity contribution in [3.63, 3.8) is 0 Å². The van der Waals surface area contributed by atoms with Crippen LogP contribution in [0.15, 0.2) is 60.7 Å². The van der Waals surface area contributed by atoms with Gasteiger partial charge in [0.2, 0.25) is 9.04 Å². The highest BCUT2D eigenvalue weighted by Gasteiger charge is 2.30. The fraction of sp³-hybridized carbons (Fsp3) is 0.571. The molecule has 0 aliphatic rings. The SMILES string of the molecule is CC(C)(C)C(COCCOCCOCCOCCOCCN)O[SiH](c1ccccc1)c1ccccc1. The number of nitrogens with two attached hydrogens (primary N) is 1. The van der Waals surface area contributed by atoms with Gasteiger partial charge in [-0.2, -0.15) is 0 Å². The molecule has 36 heavy (non-hydrogen) atoms. The quantitative estimate of drug-likeness (QED) is 0.212. The van der Waals surface area contributed by atoms with E-state index in [4.69, 9.17) is 33.8 Å². The van der Waals surface area contributed by atoms with Crippen LogP contribution in [-0.2, 0) is 28.1 Å². The molecule has 0 saturated heterocycles. The third-order valence-electron chi connectivity index (χ3n) is 5.49. The van der Waals surface area contributed by atoms with E-state index in [9.17, 15) is 0 Å². The standard InChI is InChI=1S/C28H45NO6Si/c1-28(2,3)27(35-36(25-10-6-4-7-11-25)26-12-8-5-9-13-26)24-34-23-22-33-21-20-32-19-18-31-17-16-30-15-14-29/h4-13,27,36H,14-24,29H2,1-3H3. The first-order chi connectivity index (χ1) is 17.5. The van der Waals surface area contributed by atoms with Crippen LogP contribution in [0.2, 0.25) is 0 Å². The average Bonchev–Trinajstić information content (AvgIpc) is 2.88. The summed E-state index contributed by atoms with van der Waals surface area (Å²) >= 11 is 0. The van der Waals surface area contributed by atoms with Gasteiger partial charge in [-0.1, -0.05) is 81.4 Å². The second-order valence-electron chi connectivity index (χ2n) is 9.51. The normalized spacial score (nSPS) is 12.8. The first-order valence-electron chi connectivity index (χ1n) is 12.9. The van der Waals surface area contributed by atoms with E-state index in [1.54, 1.807) is 0 Å². The Bertz CT molecular complexity index is 735. The van der Waals surface area contributed by atoms with Gasteiger partial charge in [-0.25, -0.2) is 0 Å². The van der Waals surface area contributed by atoms with Crippen molar-refractivity contribution in [3.8, 4) is 0 Å². The Morgan fingerprint density at radius 1 is 0.611 bits per heavy atom. The molecule has 0 heterocycles. The average molecular weight is 520 g/mol. The van der Waals surface area contributed by atoms with E-state index in [1.165, 1.54) is 10.4 Å². The Balaban J connectivity index is 1.66.